The Bertz CT molecular complexity index is 322. The second-order valence-electron chi connectivity index (χ2n) is 2.87. The van der Waals surface area contributed by atoms with E-state index in [1.165, 1.54) is 14.2 Å². The number of ether oxygens (including phenoxy) is 2. The summed E-state index contributed by atoms with van der Waals surface area (Å²) in [5.41, 5.74) is 0. The van der Waals surface area contributed by atoms with E-state index in [9.17, 15) is 4.21 Å². The van der Waals surface area contributed by atoms with Crippen molar-refractivity contribution >= 4 is 22.4 Å². The summed E-state index contributed by atoms with van der Waals surface area (Å²) in [4.78, 5) is 0.721. The Morgan fingerprint density at radius 3 is 2.27 bits per heavy atom. The van der Waals surface area contributed by atoms with Gasteiger partial charge in [0.05, 0.1) is 16.6 Å². The summed E-state index contributed by atoms with van der Waals surface area (Å²) in [5.74, 6) is 0.314. The van der Waals surface area contributed by atoms with Crippen molar-refractivity contribution in [1.82, 2.24) is 0 Å². The third-order valence-electron chi connectivity index (χ3n) is 1.89. The molecule has 1 atom stereocenters. The van der Waals surface area contributed by atoms with E-state index in [1.807, 2.05) is 0 Å². The van der Waals surface area contributed by atoms with Crippen molar-refractivity contribution in [1.29, 1.82) is 0 Å². The fourth-order valence-corrected chi connectivity index (χ4v) is 2.32. The third kappa shape index (κ3) is 3.91. The highest BCUT2D eigenvalue weighted by atomic mass is 35.5. The standard InChI is InChI=1S/C10H13ClO3S/c1-13-10(14-2)7-15(12)9-5-3-8(11)4-6-9/h3-6,10H,7H2,1-2H3. The first-order valence-corrected chi connectivity index (χ1v) is 6.06. The van der Waals surface area contributed by atoms with Gasteiger partial charge in [-0.25, -0.2) is 0 Å². The fourth-order valence-electron chi connectivity index (χ4n) is 1.04. The van der Waals surface area contributed by atoms with Gasteiger partial charge in [0.15, 0.2) is 6.29 Å². The molecule has 1 rings (SSSR count). The molecule has 0 heterocycles. The number of methoxy groups -OCH3 is 2. The summed E-state index contributed by atoms with van der Waals surface area (Å²) >= 11 is 5.73. The first-order valence-electron chi connectivity index (χ1n) is 4.37. The van der Waals surface area contributed by atoms with Crippen LogP contribution in [0.3, 0.4) is 0 Å². The maximum atomic E-state index is 11.8. The van der Waals surface area contributed by atoms with Crippen molar-refractivity contribution in [3.05, 3.63) is 29.3 Å². The zero-order valence-corrected chi connectivity index (χ0v) is 10.2. The summed E-state index contributed by atoms with van der Waals surface area (Å²) < 4.78 is 21.7. The summed E-state index contributed by atoms with van der Waals surface area (Å²) in [7, 11) is 1.91. The van der Waals surface area contributed by atoms with E-state index >= 15 is 0 Å². The molecule has 1 aromatic carbocycles. The quantitative estimate of drug-likeness (QED) is 0.749. The lowest BCUT2D eigenvalue weighted by Gasteiger charge is -2.12. The molecule has 0 fully saturated rings. The van der Waals surface area contributed by atoms with Crippen LogP contribution < -0.4 is 0 Å². The fraction of sp³-hybridized carbons (Fsp3) is 0.400. The minimum atomic E-state index is -1.13. The molecular formula is C10H13ClO3S. The molecule has 15 heavy (non-hydrogen) atoms. The zero-order valence-electron chi connectivity index (χ0n) is 8.60. The second kappa shape index (κ2) is 6.23. The SMILES string of the molecule is COC(CS(=O)c1ccc(Cl)cc1)OC. The Morgan fingerprint density at radius 2 is 1.80 bits per heavy atom. The zero-order chi connectivity index (χ0) is 11.3. The highest BCUT2D eigenvalue weighted by Gasteiger charge is 2.12. The third-order valence-corrected chi connectivity index (χ3v) is 3.51. The number of hydrogen-bond acceptors (Lipinski definition) is 3. The first-order chi connectivity index (χ1) is 7.17. The molecule has 1 aromatic rings. The monoisotopic (exact) mass is 248 g/mol. The predicted molar refractivity (Wildman–Crippen MR) is 60.5 cm³/mol. The average Bonchev–Trinajstić information content (AvgIpc) is 2.26. The molecule has 0 N–H and O–H groups in total. The van der Waals surface area contributed by atoms with Gasteiger partial charge in [-0.1, -0.05) is 11.6 Å². The lowest BCUT2D eigenvalue weighted by atomic mass is 10.4. The lowest BCUT2D eigenvalue weighted by molar-refractivity contribution is -0.0847. The number of halogens is 1. The molecule has 84 valence electrons. The number of rotatable bonds is 5. The van der Waals surface area contributed by atoms with E-state index < -0.39 is 17.1 Å². The minimum absolute atomic E-state index is 0.314. The molecule has 0 aliphatic rings. The Labute approximate surface area is 96.8 Å². The summed E-state index contributed by atoms with van der Waals surface area (Å²) in [6.45, 7) is 0. The molecule has 0 spiro atoms. The van der Waals surface area contributed by atoms with Gasteiger partial charge in [0.25, 0.3) is 0 Å². The maximum absolute atomic E-state index is 11.8. The van der Waals surface area contributed by atoms with Crippen molar-refractivity contribution in [2.24, 2.45) is 0 Å². The molecule has 0 aliphatic heterocycles. The average molecular weight is 249 g/mol. The molecule has 0 radical (unpaired) electrons. The van der Waals surface area contributed by atoms with Crippen molar-refractivity contribution in [2.45, 2.75) is 11.2 Å². The van der Waals surface area contributed by atoms with Gasteiger partial charge in [-0.15, -0.1) is 0 Å². The molecule has 0 aliphatic carbocycles. The highest BCUT2D eigenvalue weighted by molar-refractivity contribution is 7.85. The van der Waals surface area contributed by atoms with E-state index in [0.717, 1.165) is 4.90 Å². The first kappa shape index (κ1) is 12.6. The van der Waals surface area contributed by atoms with Crippen LogP contribution in [0.1, 0.15) is 0 Å². The molecule has 0 bridgehead atoms. The van der Waals surface area contributed by atoms with E-state index in [-0.39, 0.29) is 0 Å². The van der Waals surface area contributed by atoms with Crippen LogP contribution in [-0.4, -0.2) is 30.5 Å². The van der Waals surface area contributed by atoms with Gasteiger partial charge in [-0.05, 0) is 24.3 Å². The molecule has 0 aromatic heterocycles. The highest BCUT2D eigenvalue weighted by Crippen LogP contribution is 2.13. The largest absolute Gasteiger partial charge is 0.355 e. The van der Waals surface area contributed by atoms with Crippen LogP contribution >= 0.6 is 11.6 Å². The van der Waals surface area contributed by atoms with E-state index in [2.05, 4.69) is 0 Å². The molecular weight excluding hydrogens is 236 g/mol. The van der Waals surface area contributed by atoms with Gasteiger partial charge < -0.3 is 9.47 Å². The summed E-state index contributed by atoms with van der Waals surface area (Å²) in [6.07, 6.45) is -0.443. The van der Waals surface area contributed by atoms with Crippen LogP contribution in [0.15, 0.2) is 29.2 Å². The Balaban J connectivity index is 2.64. The van der Waals surface area contributed by atoms with E-state index in [4.69, 9.17) is 21.1 Å². The molecule has 0 saturated heterocycles. The van der Waals surface area contributed by atoms with Crippen molar-refractivity contribution in [2.75, 3.05) is 20.0 Å². The summed E-state index contributed by atoms with van der Waals surface area (Å²) in [5, 5.41) is 0.630. The Kier molecular flexibility index (Phi) is 5.25. The molecule has 5 heteroatoms. The van der Waals surface area contributed by atoms with Gasteiger partial charge in [-0.2, -0.15) is 0 Å². The Morgan fingerprint density at radius 1 is 1.27 bits per heavy atom. The van der Waals surface area contributed by atoms with Crippen LogP contribution in [0.5, 0.6) is 0 Å². The van der Waals surface area contributed by atoms with Gasteiger partial charge in [-0.3, -0.25) is 4.21 Å². The summed E-state index contributed by atoms with van der Waals surface area (Å²) in [6, 6.07) is 6.90. The lowest BCUT2D eigenvalue weighted by Crippen LogP contribution is -2.21. The van der Waals surface area contributed by atoms with E-state index in [1.54, 1.807) is 24.3 Å². The van der Waals surface area contributed by atoms with Gasteiger partial charge in [0, 0.05) is 24.1 Å². The second-order valence-corrected chi connectivity index (χ2v) is 4.80. The molecule has 3 nitrogen and oxygen atoms in total. The van der Waals surface area contributed by atoms with Crippen molar-refractivity contribution in [3.63, 3.8) is 0 Å². The van der Waals surface area contributed by atoms with Crippen LogP contribution in [-0.2, 0) is 20.3 Å². The normalized spacial score (nSPS) is 13.1. The van der Waals surface area contributed by atoms with Crippen LogP contribution in [0.2, 0.25) is 5.02 Å². The van der Waals surface area contributed by atoms with Crippen LogP contribution in [0, 0.1) is 0 Å². The molecule has 0 amide bonds. The van der Waals surface area contributed by atoms with Crippen molar-refractivity contribution < 1.29 is 13.7 Å². The van der Waals surface area contributed by atoms with Gasteiger partial charge in [0.2, 0.25) is 0 Å². The minimum Gasteiger partial charge on any atom is -0.355 e. The van der Waals surface area contributed by atoms with Gasteiger partial charge in [0.1, 0.15) is 0 Å². The molecule has 0 saturated carbocycles. The molecule has 1 unspecified atom stereocenters. The van der Waals surface area contributed by atoms with Crippen LogP contribution in [0.25, 0.3) is 0 Å². The Hall–Kier alpha value is -0.420. The van der Waals surface area contributed by atoms with Crippen LogP contribution in [0.4, 0.5) is 0 Å². The predicted octanol–water partition coefficient (Wildman–Crippen LogP) is 2.07. The van der Waals surface area contributed by atoms with Gasteiger partial charge >= 0.3 is 0 Å². The van der Waals surface area contributed by atoms with Crippen molar-refractivity contribution in [3.8, 4) is 0 Å². The number of benzene rings is 1. The maximum Gasteiger partial charge on any atom is 0.168 e. The van der Waals surface area contributed by atoms with E-state index in [0.29, 0.717) is 10.8 Å². The number of hydrogen-bond donors (Lipinski definition) is 0. The topological polar surface area (TPSA) is 35.5 Å². The smallest absolute Gasteiger partial charge is 0.168 e.